The number of hydrogen-bond acceptors (Lipinski definition) is 2. The number of fused-ring (bicyclic) bond motifs is 1. The number of imidazole rings is 1. The van der Waals surface area contributed by atoms with Crippen molar-refractivity contribution in [1.82, 2.24) is 15.0 Å². The molecule has 2 aromatic heterocycles. The van der Waals surface area contributed by atoms with E-state index in [0.29, 0.717) is 5.92 Å². The van der Waals surface area contributed by atoms with Crippen LogP contribution >= 0.6 is 0 Å². The minimum Gasteiger partial charge on any atom is -0.351 e. The van der Waals surface area contributed by atoms with Crippen LogP contribution in [0.25, 0.3) is 0 Å². The van der Waals surface area contributed by atoms with E-state index in [2.05, 4.69) is 47.9 Å². The molecule has 2 aromatic rings. The minimum atomic E-state index is 0.127. The summed E-state index contributed by atoms with van der Waals surface area (Å²) in [6.45, 7) is 6.64. The third-order valence-corrected chi connectivity index (χ3v) is 4.19. The number of pyridine rings is 1. The summed E-state index contributed by atoms with van der Waals surface area (Å²) in [6.07, 6.45) is 7.23. The van der Waals surface area contributed by atoms with Crippen molar-refractivity contribution in [2.45, 2.75) is 45.4 Å². The van der Waals surface area contributed by atoms with Crippen LogP contribution in [0.1, 0.15) is 42.9 Å². The summed E-state index contributed by atoms with van der Waals surface area (Å²) < 4.78 is 0. The number of H-pyrrole nitrogens is 1. The number of nitrogens with zero attached hydrogens (tertiary/aromatic N) is 2. The highest BCUT2D eigenvalue weighted by Crippen LogP contribution is 2.36. The number of nitrogens with one attached hydrogen (secondary N) is 1. The molecule has 0 aliphatic heterocycles. The first-order chi connectivity index (χ1) is 9.04. The average molecular weight is 255 g/mol. The molecule has 3 rings (SSSR count). The van der Waals surface area contributed by atoms with Gasteiger partial charge in [-0.1, -0.05) is 19.9 Å². The second-order valence-corrected chi connectivity index (χ2v) is 6.38. The van der Waals surface area contributed by atoms with Crippen LogP contribution < -0.4 is 0 Å². The molecule has 0 saturated heterocycles. The molecule has 3 nitrogen and oxygen atoms in total. The topological polar surface area (TPSA) is 41.6 Å². The zero-order valence-corrected chi connectivity index (χ0v) is 11.9. The summed E-state index contributed by atoms with van der Waals surface area (Å²) in [5.74, 6) is 0.691. The van der Waals surface area contributed by atoms with Gasteiger partial charge < -0.3 is 4.98 Å². The SMILES string of the molecule is Cc1ccc2c(n1)CC(CC(C)(C)c1c[nH]cn1)C2. The Kier molecular flexibility index (Phi) is 2.92. The Morgan fingerprint density at radius 1 is 1.32 bits per heavy atom. The van der Waals surface area contributed by atoms with Gasteiger partial charge in [0.15, 0.2) is 0 Å². The Labute approximate surface area is 114 Å². The Morgan fingerprint density at radius 3 is 2.89 bits per heavy atom. The molecule has 0 radical (unpaired) electrons. The zero-order valence-electron chi connectivity index (χ0n) is 11.9. The molecule has 2 heterocycles. The van der Waals surface area contributed by atoms with Crippen molar-refractivity contribution >= 4 is 0 Å². The van der Waals surface area contributed by atoms with Gasteiger partial charge in [-0.3, -0.25) is 4.98 Å². The highest BCUT2D eigenvalue weighted by molar-refractivity contribution is 5.28. The van der Waals surface area contributed by atoms with E-state index in [1.165, 1.54) is 11.3 Å². The highest BCUT2D eigenvalue weighted by atomic mass is 14.9. The lowest BCUT2D eigenvalue weighted by molar-refractivity contribution is 0.362. The molecular weight excluding hydrogens is 234 g/mol. The average Bonchev–Trinajstić information content (AvgIpc) is 2.95. The number of hydrogen-bond donors (Lipinski definition) is 1. The molecule has 1 aliphatic carbocycles. The fourth-order valence-corrected chi connectivity index (χ4v) is 3.26. The molecule has 0 fully saturated rings. The van der Waals surface area contributed by atoms with E-state index in [4.69, 9.17) is 0 Å². The lowest BCUT2D eigenvalue weighted by Crippen LogP contribution is -2.22. The van der Waals surface area contributed by atoms with Gasteiger partial charge in [-0.2, -0.15) is 0 Å². The quantitative estimate of drug-likeness (QED) is 0.915. The molecule has 1 unspecified atom stereocenters. The number of rotatable bonds is 3. The summed E-state index contributed by atoms with van der Waals surface area (Å²) in [5, 5.41) is 0. The van der Waals surface area contributed by atoms with Gasteiger partial charge in [-0.15, -0.1) is 0 Å². The largest absolute Gasteiger partial charge is 0.351 e. The van der Waals surface area contributed by atoms with Crippen molar-refractivity contribution in [2.75, 3.05) is 0 Å². The van der Waals surface area contributed by atoms with Gasteiger partial charge in [-0.25, -0.2) is 4.98 Å². The van der Waals surface area contributed by atoms with Crippen LogP contribution in [0.2, 0.25) is 0 Å². The second-order valence-electron chi connectivity index (χ2n) is 6.38. The molecule has 100 valence electrons. The Bertz CT molecular complexity index is 570. The van der Waals surface area contributed by atoms with Gasteiger partial charge in [0.2, 0.25) is 0 Å². The molecule has 3 heteroatoms. The monoisotopic (exact) mass is 255 g/mol. The van der Waals surface area contributed by atoms with Crippen LogP contribution in [0, 0.1) is 12.8 Å². The normalized spacial score (nSPS) is 18.6. The first-order valence-corrected chi connectivity index (χ1v) is 6.99. The Hall–Kier alpha value is -1.64. The fourth-order valence-electron chi connectivity index (χ4n) is 3.26. The van der Waals surface area contributed by atoms with Crippen LogP contribution in [0.5, 0.6) is 0 Å². The Morgan fingerprint density at radius 2 is 2.16 bits per heavy atom. The predicted octanol–water partition coefficient (Wildman–Crippen LogP) is 3.20. The molecule has 0 spiro atoms. The Balaban J connectivity index is 1.74. The third kappa shape index (κ3) is 2.42. The van der Waals surface area contributed by atoms with E-state index < -0.39 is 0 Å². The van der Waals surface area contributed by atoms with Crippen molar-refractivity contribution in [3.05, 3.63) is 47.3 Å². The molecule has 1 aliphatic rings. The first kappa shape index (κ1) is 12.4. The second kappa shape index (κ2) is 4.48. The van der Waals surface area contributed by atoms with E-state index in [9.17, 15) is 0 Å². The van der Waals surface area contributed by atoms with E-state index in [0.717, 1.165) is 30.7 Å². The van der Waals surface area contributed by atoms with Crippen LogP contribution in [-0.4, -0.2) is 15.0 Å². The first-order valence-electron chi connectivity index (χ1n) is 6.99. The summed E-state index contributed by atoms with van der Waals surface area (Å²) in [6, 6.07) is 4.37. The summed E-state index contributed by atoms with van der Waals surface area (Å²) in [7, 11) is 0. The van der Waals surface area contributed by atoms with Crippen molar-refractivity contribution < 1.29 is 0 Å². The molecule has 19 heavy (non-hydrogen) atoms. The minimum absolute atomic E-state index is 0.127. The summed E-state index contributed by atoms with van der Waals surface area (Å²) >= 11 is 0. The highest BCUT2D eigenvalue weighted by Gasteiger charge is 2.31. The predicted molar refractivity (Wildman–Crippen MR) is 76.1 cm³/mol. The van der Waals surface area contributed by atoms with Gasteiger partial charge >= 0.3 is 0 Å². The molecule has 1 N–H and O–H groups in total. The third-order valence-electron chi connectivity index (χ3n) is 4.19. The maximum absolute atomic E-state index is 4.67. The zero-order chi connectivity index (χ0) is 13.5. The number of aryl methyl sites for hydroxylation is 1. The lowest BCUT2D eigenvalue weighted by Gasteiger charge is -2.25. The van der Waals surface area contributed by atoms with Crippen LogP contribution in [0.3, 0.4) is 0 Å². The molecule has 0 aromatic carbocycles. The van der Waals surface area contributed by atoms with E-state index in [-0.39, 0.29) is 5.41 Å². The number of aromatic amines is 1. The van der Waals surface area contributed by atoms with Crippen molar-refractivity contribution in [3.63, 3.8) is 0 Å². The molecular formula is C16H21N3. The summed E-state index contributed by atoms with van der Waals surface area (Å²) in [5.41, 5.74) is 5.16. The summed E-state index contributed by atoms with van der Waals surface area (Å²) in [4.78, 5) is 12.2. The molecule has 0 saturated carbocycles. The molecule has 0 amide bonds. The maximum Gasteiger partial charge on any atom is 0.0923 e. The van der Waals surface area contributed by atoms with Gasteiger partial charge in [0, 0.05) is 23.0 Å². The van der Waals surface area contributed by atoms with Crippen molar-refractivity contribution in [3.8, 4) is 0 Å². The van der Waals surface area contributed by atoms with Gasteiger partial charge in [0.25, 0.3) is 0 Å². The molecule has 1 atom stereocenters. The van der Waals surface area contributed by atoms with Crippen molar-refractivity contribution in [1.29, 1.82) is 0 Å². The van der Waals surface area contributed by atoms with E-state index in [1.807, 2.05) is 6.20 Å². The van der Waals surface area contributed by atoms with E-state index >= 15 is 0 Å². The standard InChI is InChI=1S/C16H21N3/c1-11-4-5-13-6-12(7-14(13)19-11)8-16(2,3)15-9-17-10-18-15/h4-5,9-10,12H,6-8H2,1-3H3,(H,17,18). The van der Waals surface area contributed by atoms with Crippen LogP contribution in [-0.2, 0) is 18.3 Å². The fraction of sp³-hybridized carbons (Fsp3) is 0.500. The van der Waals surface area contributed by atoms with E-state index in [1.54, 1.807) is 6.33 Å². The van der Waals surface area contributed by atoms with Gasteiger partial charge in [0.05, 0.1) is 12.0 Å². The van der Waals surface area contributed by atoms with Gasteiger partial charge in [-0.05, 0) is 43.7 Å². The van der Waals surface area contributed by atoms with Crippen molar-refractivity contribution in [2.24, 2.45) is 5.92 Å². The molecule has 0 bridgehead atoms. The number of aromatic nitrogens is 3. The maximum atomic E-state index is 4.67. The lowest BCUT2D eigenvalue weighted by atomic mass is 9.79. The van der Waals surface area contributed by atoms with Crippen LogP contribution in [0.4, 0.5) is 0 Å². The smallest absolute Gasteiger partial charge is 0.0923 e. The van der Waals surface area contributed by atoms with Gasteiger partial charge in [0.1, 0.15) is 0 Å². The van der Waals surface area contributed by atoms with Crippen LogP contribution in [0.15, 0.2) is 24.7 Å².